The third-order valence-electron chi connectivity index (χ3n) is 2.92. The average molecular weight is 288 g/mol. The number of hydrogen-bond acceptors (Lipinski definition) is 5. The summed E-state index contributed by atoms with van der Waals surface area (Å²) in [4.78, 5) is 6.93. The van der Waals surface area contributed by atoms with E-state index in [-0.39, 0.29) is 0 Å². The van der Waals surface area contributed by atoms with Crippen LogP contribution in [-0.2, 0) is 0 Å². The summed E-state index contributed by atoms with van der Waals surface area (Å²) < 4.78 is 1.84. The molecule has 0 saturated carbocycles. The van der Waals surface area contributed by atoms with E-state index in [9.17, 15) is 0 Å². The van der Waals surface area contributed by atoms with Crippen LogP contribution in [0.5, 0.6) is 0 Å². The maximum Gasteiger partial charge on any atom is 0.161 e. The van der Waals surface area contributed by atoms with Crippen molar-refractivity contribution in [3.63, 3.8) is 0 Å². The molecule has 1 saturated heterocycles. The Labute approximate surface area is 120 Å². The SMILES string of the molecule is C=CSC(=NCCN(C)S)NC1CCN(C)CC1. The maximum atomic E-state index is 4.56. The van der Waals surface area contributed by atoms with Crippen molar-refractivity contribution in [2.24, 2.45) is 4.99 Å². The molecule has 1 rings (SSSR count). The van der Waals surface area contributed by atoms with Crippen molar-refractivity contribution in [1.82, 2.24) is 14.5 Å². The Hall–Kier alpha value is -0.170. The molecule has 0 spiro atoms. The summed E-state index contributed by atoms with van der Waals surface area (Å²) in [6, 6.07) is 0.543. The first-order valence-corrected chi connectivity index (χ1v) is 7.57. The first kappa shape index (κ1) is 15.9. The number of nitrogens with one attached hydrogen (secondary N) is 1. The molecule has 0 atom stereocenters. The molecule has 1 N–H and O–H groups in total. The molecule has 0 amide bonds. The number of thioether (sulfide) groups is 1. The van der Waals surface area contributed by atoms with Gasteiger partial charge in [-0.3, -0.25) is 9.30 Å². The number of amidine groups is 1. The molecule has 1 aliphatic heterocycles. The number of thiol groups is 1. The maximum absolute atomic E-state index is 4.56. The molecular formula is C12H24N4S2. The van der Waals surface area contributed by atoms with Crippen LogP contribution in [-0.4, -0.2) is 60.7 Å². The Morgan fingerprint density at radius 3 is 2.83 bits per heavy atom. The Bertz CT molecular complexity index is 273. The lowest BCUT2D eigenvalue weighted by Crippen LogP contribution is -2.42. The van der Waals surface area contributed by atoms with Gasteiger partial charge in [0.05, 0.1) is 6.54 Å². The van der Waals surface area contributed by atoms with Crippen LogP contribution in [0, 0.1) is 0 Å². The fourth-order valence-electron chi connectivity index (χ4n) is 1.82. The topological polar surface area (TPSA) is 30.9 Å². The highest BCUT2D eigenvalue weighted by molar-refractivity contribution is 8.16. The van der Waals surface area contributed by atoms with Crippen molar-refractivity contribution in [2.75, 3.05) is 40.3 Å². The van der Waals surface area contributed by atoms with E-state index in [2.05, 4.69) is 41.7 Å². The third-order valence-corrected chi connectivity index (χ3v) is 3.76. The minimum Gasteiger partial charge on any atom is -0.362 e. The zero-order chi connectivity index (χ0) is 13.4. The number of aliphatic imine (C=N–C) groups is 1. The molecule has 0 aromatic carbocycles. The highest BCUT2D eigenvalue weighted by atomic mass is 32.2. The minimum absolute atomic E-state index is 0.543. The van der Waals surface area contributed by atoms with Crippen molar-refractivity contribution >= 4 is 29.7 Å². The van der Waals surface area contributed by atoms with E-state index >= 15 is 0 Å². The minimum atomic E-state index is 0.543. The molecule has 4 nitrogen and oxygen atoms in total. The van der Waals surface area contributed by atoms with Crippen molar-refractivity contribution in [1.29, 1.82) is 0 Å². The predicted molar refractivity (Wildman–Crippen MR) is 85.4 cm³/mol. The molecule has 0 aromatic heterocycles. The fraction of sp³-hybridized carbons (Fsp3) is 0.750. The molecule has 18 heavy (non-hydrogen) atoms. The lowest BCUT2D eigenvalue weighted by Gasteiger charge is -2.30. The van der Waals surface area contributed by atoms with Crippen LogP contribution in [0.2, 0.25) is 0 Å². The molecule has 0 unspecified atom stereocenters. The van der Waals surface area contributed by atoms with Gasteiger partial charge in [0.15, 0.2) is 5.17 Å². The van der Waals surface area contributed by atoms with E-state index in [1.165, 1.54) is 12.8 Å². The van der Waals surface area contributed by atoms with Crippen molar-refractivity contribution in [3.05, 3.63) is 12.0 Å². The summed E-state index contributed by atoms with van der Waals surface area (Å²) in [5, 5.41) is 6.33. The van der Waals surface area contributed by atoms with Gasteiger partial charge in [-0.05, 0) is 45.4 Å². The number of piperidine rings is 1. The molecule has 0 aliphatic carbocycles. The molecule has 1 heterocycles. The fourth-order valence-corrected chi connectivity index (χ4v) is 2.47. The molecule has 0 aromatic rings. The summed E-state index contributed by atoms with van der Waals surface area (Å²) in [5.41, 5.74) is 0. The van der Waals surface area contributed by atoms with Crippen LogP contribution in [0.25, 0.3) is 0 Å². The number of nitrogens with zero attached hydrogens (tertiary/aromatic N) is 3. The lowest BCUT2D eigenvalue weighted by atomic mass is 10.1. The first-order valence-electron chi connectivity index (χ1n) is 6.29. The largest absolute Gasteiger partial charge is 0.362 e. The smallest absolute Gasteiger partial charge is 0.161 e. The van der Waals surface area contributed by atoms with Crippen molar-refractivity contribution in [2.45, 2.75) is 18.9 Å². The Morgan fingerprint density at radius 2 is 2.28 bits per heavy atom. The highest BCUT2D eigenvalue weighted by Gasteiger charge is 2.17. The lowest BCUT2D eigenvalue weighted by molar-refractivity contribution is 0.247. The molecule has 104 valence electrons. The van der Waals surface area contributed by atoms with Crippen LogP contribution in [0.1, 0.15) is 12.8 Å². The van der Waals surface area contributed by atoms with E-state index in [1.807, 2.05) is 16.8 Å². The van der Waals surface area contributed by atoms with Crippen molar-refractivity contribution < 1.29 is 0 Å². The van der Waals surface area contributed by atoms with Crippen molar-refractivity contribution in [3.8, 4) is 0 Å². The summed E-state index contributed by atoms with van der Waals surface area (Å²) in [6.45, 7) is 7.68. The van der Waals surface area contributed by atoms with Gasteiger partial charge in [0.2, 0.25) is 0 Å². The average Bonchev–Trinajstić information content (AvgIpc) is 2.32. The van der Waals surface area contributed by atoms with Gasteiger partial charge >= 0.3 is 0 Å². The summed E-state index contributed by atoms with van der Waals surface area (Å²) in [7, 11) is 4.11. The zero-order valence-corrected chi connectivity index (χ0v) is 13.0. The van der Waals surface area contributed by atoms with Gasteiger partial charge in [0.1, 0.15) is 0 Å². The standard InChI is InChI=1S/C12H24N4S2/c1-4-18-12(13-7-10-16(3)17)14-11-5-8-15(2)9-6-11/h4,11,17H,1,5-10H2,2-3H3,(H,13,14). The third kappa shape index (κ3) is 6.68. The molecule has 0 bridgehead atoms. The second-order valence-corrected chi connectivity index (χ2v) is 6.21. The molecule has 1 aliphatic rings. The van der Waals surface area contributed by atoms with Crippen LogP contribution in [0.4, 0.5) is 0 Å². The zero-order valence-electron chi connectivity index (χ0n) is 11.3. The Kier molecular flexibility index (Phi) is 7.81. The predicted octanol–water partition coefficient (Wildman–Crippen LogP) is 1.68. The number of likely N-dealkylation sites (N-methyl/N-ethyl adjacent to an activating group) is 1. The first-order chi connectivity index (χ1) is 8.61. The Balaban J connectivity index is 2.38. The molecule has 1 fully saturated rings. The summed E-state index contributed by atoms with van der Waals surface area (Å²) in [6.07, 6.45) is 2.36. The van der Waals surface area contributed by atoms with Gasteiger partial charge < -0.3 is 10.2 Å². The van der Waals surface area contributed by atoms with Crippen LogP contribution in [0.3, 0.4) is 0 Å². The van der Waals surface area contributed by atoms with Gasteiger partial charge in [-0.2, -0.15) is 0 Å². The number of hydrogen-bond donors (Lipinski definition) is 2. The van der Waals surface area contributed by atoms with Crippen LogP contribution in [0.15, 0.2) is 17.0 Å². The quantitative estimate of drug-likeness (QED) is 0.458. The van der Waals surface area contributed by atoms with E-state index in [4.69, 9.17) is 0 Å². The van der Waals surface area contributed by atoms with Crippen LogP contribution < -0.4 is 5.32 Å². The van der Waals surface area contributed by atoms with Crippen LogP contribution >= 0.6 is 24.6 Å². The van der Waals surface area contributed by atoms with E-state index in [0.717, 1.165) is 31.3 Å². The number of likely N-dealkylation sites (tertiary alicyclic amines) is 1. The van der Waals surface area contributed by atoms with E-state index < -0.39 is 0 Å². The van der Waals surface area contributed by atoms with Gasteiger partial charge in [0.25, 0.3) is 0 Å². The summed E-state index contributed by atoms with van der Waals surface area (Å²) >= 11 is 5.77. The van der Waals surface area contributed by atoms with Gasteiger partial charge in [-0.25, -0.2) is 0 Å². The van der Waals surface area contributed by atoms with Gasteiger partial charge in [-0.1, -0.05) is 31.2 Å². The Morgan fingerprint density at radius 1 is 1.61 bits per heavy atom. The monoisotopic (exact) mass is 288 g/mol. The van der Waals surface area contributed by atoms with E-state index in [1.54, 1.807) is 11.8 Å². The normalized spacial score (nSPS) is 19.2. The highest BCUT2D eigenvalue weighted by Crippen LogP contribution is 2.11. The second-order valence-electron chi connectivity index (χ2n) is 4.57. The van der Waals surface area contributed by atoms with Gasteiger partial charge in [-0.15, -0.1) is 0 Å². The summed E-state index contributed by atoms with van der Waals surface area (Å²) in [5.74, 6) is 0. The molecule has 6 heteroatoms. The number of rotatable bonds is 5. The molecule has 0 radical (unpaired) electrons. The van der Waals surface area contributed by atoms with E-state index in [0.29, 0.717) is 6.04 Å². The molecular weight excluding hydrogens is 264 g/mol. The van der Waals surface area contributed by atoms with Gasteiger partial charge in [0, 0.05) is 12.6 Å². The second kappa shape index (κ2) is 8.85.